The smallest absolute Gasteiger partial charge is 0.328 e. The second kappa shape index (κ2) is 16.3. The van der Waals surface area contributed by atoms with Gasteiger partial charge in [-0.2, -0.15) is 11.8 Å². The van der Waals surface area contributed by atoms with Crippen LogP contribution in [0, 0.1) is 6.92 Å². The molecule has 2 amide bonds. The van der Waals surface area contributed by atoms with Gasteiger partial charge in [0.15, 0.2) is 0 Å². The number of rotatable bonds is 11. The van der Waals surface area contributed by atoms with Crippen molar-refractivity contribution in [3.63, 3.8) is 0 Å². The molecule has 0 aromatic heterocycles. The summed E-state index contributed by atoms with van der Waals surface area (Å²) in [6.45, 7) is 2.02. The summed E-state index contributed by atoms with van der Waals surface area (Å²) < 4.78 is 4.93. The van der Waals surface area contributed by atoms with E-state index in [2.05, 4.69) is 10.6 Å². The lowest BCUT2D eigenvalue weighted by Crippen LogP contribution is -2.42. The molecule has 39 heavy (non-hydrogen) atoms. The number of thioether (sulfide) groups is 1. The van der Waals surface area contributed by atoms with Crippen LogP contribution in [0.2, 0.25) is 0 Å². The van der Waals surface area contributed by atoms with Crippen LogP contribution in [0.5, 0.6) is 0 Å². The van der Waals surface area contributed by atoms with E-state index in [-0.39, 0.29) is 17.9 Å². The lowest BCUT2D eigenvalue weighted by Gasteiger charge is -2.19. The van der Waals surface area contributed by atoms with E-state index >= 15 is 0 Å². The number of esters is 1. The van der Waals surface area contributed by atoms with Gasteiger partial charge >= 0.3 is 5.97 Å². The van der Waals surface area contributed by atoms with Crippen LogP contribution in [0.3, 0.4) is 0 Å². The van der Waals surface area contributed by atoms with Crippen LogP contribution in [0.4, 0.5) is 0 Å². The monoisotopic (exact) mass is 552 g/mol. The zero-order chi connectivity index (χ0) is 28.0. The van der Waals surface area contributed by atoms with Crippen molar-refractivity contribution in [2.75, 3.05) is 19.1 Å². The lowest BCUT2D eigenvalue weighted by molar-refractivity contribution is -0.142. The van der Waals surface area contributed by atoms with Gasteiger partial charge in [-0.15, -0.1) is 0 Å². The van der Waals surface area contributed by atoms with Gasteiger partial charge in [0.1, 0.15) is 6.04 Å². The summed E-state index contributed by atoms with van der Waals surface area (Å²) in [4.78, 5) is 38.6. The Morgan fingerprint density at radius 1 is 0.974 bits per heavy atom. The van der Waals surface area contributed by atoms with E-state index in [0.717, 1.165) is 40.8 Å². The zero-order valence-corrected chi connectivity index (χ0v) is 24.5. The number of amides is 2. The molecule has 6 nitrogen and oxygen atoms in total. The normalized spacial score (nSPS) is 15.4. The highest BCUT2D eigenvalue weighted by Gasteiger charge is 2.24. The summed E-state index contributed by atoms with van der Waals surface area (Å²) in [6, 6.07) is 13.3. The number of benzene rings is 2. The first-order chi connectivity index (χ1) is 18.9. The highest BCUT2D eigenvalue weighted by atomic mass is 32.2. The number of hydrogen-bond donors (Lipinski definition) is 2. The van der Waals surface area contributed by atoms with Crippen LogP contribution >= 0.6 is 11.8 Å². The van der Waals surface area contributed by atoms with Crippen LogP contribution in [0.1, 0.15) is 85.7 Å². The van der Waals surface area contributed by atoms with Gasteiger partial charge in [0.25, 0.3) is 5.91 Å². The first-order valence-electron chi connectivity index (χ1n) is 14.3. The van der Waals surface area contributed by atoms with Crippen molar-refractivity contribution in [2.24, 2.45) is 0 Å². The first kappa shape index (κ1) is 30.7. The zero-order valence-electron chi connectivity index (χ0n) is 23.7. The lowest BCUT2D eigenvalue weighted by atomic mass is 9.92. The fourth-order valence-electron chi connectivity index (χ4n) is 5.24. The molecular formula is C32H44N2O4S. The van der Waals surface area contributed by atoms with Gasteiger partial charge in [-0.3, -0.25) is 9.59 Å². The van der Waals surface area contributed by atoms with Crippen molar-refractivity contribution in [3.8, 4) is 11.1 Å². The quantitative estimate of drug-likeness (QED) is 0.323. The average Bonchev–Trinajstić information content (AvgIpc) is 3.07. The molecule has 1 aliphatic carbocycles. The van der Waals surface area contributed by atoms with E-state index in [9.17, 15) is 14.4 Å². The Morgan fingerprint density at radius 3 is 2.33 bits per heavy atom. The molecule has 0 heterocycles. The Balaban J connectivity index is 1.76. The number of aryl methyl sites for hydroxylation is 2. The van der Waals surface area contributed by atoms with Gasteiger partial charge in [-0.05, 0) is 72.9 Å². The topological polar surface area (TPSA) is 84.5 Å². The predicted molar refractivity (Wildman–Crippen MR) is 160 cm³/mol. The molecule has 1 atom stereocenters. The average molecular weight is 553 g/mol. The van der Waals surface area contributed by atoms with Crippen molar-refractivity contribution < 1.29 is 19.1 Å². The molecule has 0 aliphatic heterocycles. The van der Waals surface area contributed by atoms with Crippen molar-refractivity contribution >= 4 is 29.5 Å². The minimum Gasteiger partial charge on any atom is -0.467 e. The van der Waals surface area contributed by atoms with E-state index in [4.69, 9.17) is 4.74 Å². The van der Waals surface area contributed by atoms with Crippen molar-refractivity contribution in [1.82, 2.24) is 10.6 Å². The third kappa shape index (κ3) is 9.71. The largest absolute Gasteiger partial charge is 0.467 e. The minimum absolute atomic E-state index is 0.0909. The number of methoxy groups -OCH3 is 1. The molecular weight excluding hydrogens is 508 g/mol. The molecule has 0 spiro atoms. The van der Waals surface area contributed by atoms with Crippen LogP contribution in [0.15, 0.2) is 42.5 Å². The highest BCUT2D eigenvalue weighted by molar-refractivity contribution is 7.98. The Bertz CT molecular complexity index is 1090. The van der Waals surface area contributed by atoms with Gasteiger partial charge < -0.3 is 15.4 Å². The number of carbonyl (C=O) groups excluding carboxylic acids is 3. The maximum Gasteiger partial charge on any atom is 0.328 e. The van der Waals surface area contributed by atoms with Gasteiger partial charge in [-0.25, -0.2) is 4.79 Å². The first-order valence-corrected chi connectivity index (χ1v) is 15.7. The van der Waals surface area contributed by atoms with Gasteiger partial charge in [0.05, 0.1) is 7.11 Å². The summed E-state index contributed by atoms with van der Waals surface area (Å²) in [5.41, 5.74) is 4.31. The molecule has 212 valence electrons. The highest BCUT2D eigenvalue weighted by Crippen LogP contribution is 2.29. The molecule has 0 saturated heterocycles. The number of carbonyl (C=O) groups is 3. The van der Waals surface area contributed by atoms with Crippen LogP contribution in [-0.2, 0) is 20.7 Å². The molecule has 1 unspecified atom stereocenters. The Morgan fingerprint density at radius 2 is 1.67 bits per heavy atom. The Labute approximate surface area is 238 Å². The second-order valence-electron chi connectivity index (χ2n) is 10.5. The summed E-state index contributed by atoms with van der Waals surface area (Å²) in [5.74, 6) is 0.0619. The molecule has 1 saturated carbocycles. The Hall–Kier alpha value is -2.80. The Kier molecular flexibility index (Phi) is 12.9. The third-order valence-corrected chi connectivity index (χ3v) is 8.17. The maximum absolute atomic E-state index is 13.4. The summed E-state index contributed by atoms with van der Waals surface area (Å²) in [5, 5.41) is 6.16. The van der Waals surface area contributed by atoms with Gasteiger partial charge in [0.2, 0.25) is 5.91 Å². The molecule has 0 bridgehead atoms. The van der Waals surface area contributed by atoms with Crippen LogP contribution in [0.25, 0.3) is 11.1 Å². The fourth-order valence-corrected chi connectivity index (χ4v) is 5.71. The van der Waals surface area contributed by atoms with E-state index in [1.165, 1.54) is 45.6 Å². The standard InChI is InChI=1S/C32H44N2O4S/c1-23-12-10-11-15-26(23)28-22-24(17-19-30(35)33-25-13-8-6-4-5-7-9-14-25)16-18-27(28)31(36)34-29(20-21-39-3)32(37)38-2/h10-12,15-16,18,22,25,29H,4-9,13-14,17,19-21H2,1-3H3,(H,33,35)(H,34,36). The fraction of sp³-hybridized carbons (Fsp3) is 0.531. The molecule has 2 N–H and O–H groups in total. The molecule has 3 rings (SSSR count). The maximum atomic E-state index is 13.4. The number of hydrogen-bond acceptors (Lipinski definition) is 5. The van der Waals surface area contributed by atoms with E-state index in [1.807, 2.05) is 55.6 Å². The summed E-state index contributed by atoms with van der Waals surface area (Å²) in [7, 11) is 1.34. The van der Waals surface area contributed by atoms with Crippen LogP contribution in [-0.4, -0.2) is 49.0 Å². The molecule has 1 fully saturated rings. The third-order valence-electron chi connectivity index (χ3n) is 7.53. The van der Waals surface area contributed by atoms with Gasteiger partial charge in [0, 0.05) is 18.0 Å². The van der Waals surface area contributed by atoms with Crippen molar-refractivity contribution in [1.29, 1.82) is 0 Å². The number of nitrogens with one attached hydrogen (secondary N) is 2. The molecule has 0 radical (unpaired) electrons. The second-order valence-corrected chi connectivity index (χ2v) is 11.5. The molecule has 2 aromatic carbocycles. The molecule has 1 aliphatic rings. The molecule has 7 heteroatoms. The SMILES string of the molecule is COC(=O)C(CCSC)NC(=O)c1ccc(CCC(=O)NC2CCCCCCCC2)cc1-c1ccccc1C. The van der Waals surface area contributed by atoms with Crippen molar-refractivity contribution in [2.45, 2.75) is 89.6 Å². The number of ether oxygens (including phenoxy) is 1. The summed E-state index contributed by atoms with van der Waals surface area (Å²) >= 11 is 1.61. The van der Waals surface area contributed by atoms with Crippen molar-refractivity contribution in [3.05, 3.63) is 59.2 Å². The van der Waals surface area contributed by atoms with E-state index in [0.29, 0.717) is 24.8 Å². The van der Waals surface area contributed by atoms with E-state index < -0.39 is 12.0 Å². The predicted octanol–water partition coefficient (Wildman–Crippen LogP) is 6.24. The van der Waals surface area contributed by atoms with E-state index in [1.54, 1.807) is 11.8 Å². The summed E-state index contributed by atoms with van der Waals surface area (Å²) in [6.07, 6.45) is 13.1. The van der Waals surface area contributed by atoms with Gasteiger partial charge in [-0.1, -0.05) is 74.9 Å². The van der Waals surface area contributed by atoms with Crippen LogP contribution < -0.4 is 10.6 Å². The molecule has 2 aromatic rings. The minimum atomic E-state index is -0.708.